The number of carboxylic acids is 1. The number of benzene rings is 1. The van der Waals surface area contributed by atoms with Crippen molar-refractivity contribution in [2.75, 3.05) is 11.9 Å². The number of aromatic carboxylic acids is 1. The lowest BCUT2D eigenvalue weighted by Gasteiger charge is -2.36. The highest BCUT2D eigenvalue weighted by molar-refractivity contribution is 6.02. The Balaban J connectivity index is 2.54. The molecule has 0 radical (unpaired) electrons. The Morgan fingerprint density at radius 2 is 2.06 bits per heavy atom. The number of rotatable bonds is 1. The predicted molar refractivity (Wildman–Crippen MR) is 61.5 cm³/mol. The Morgan fingerprint density at radius 1 is 1.41 bits per heavy atom. The molecule has 1 aliphatic heterocycles. The van der Waals surface area contributed by atoms with E-state index in [2.05, 4.69) is 0 Å². The number of hydrogen-bond acceptors (Lipinski definition) is 3. The number of fused-ring (bicyclic) bond motifs is 1. The molecule has 17 heavy (non-hydrogen) atoms. The Bertz CT molecular complexity index is 507. The minimum Gasteiger partial charge on any atom is -0.478 e. The Morgan fingerprint density at radius 3 is 2.65 bits per heavy atom. The smallest absolute Gasteiger partial charge is 0.335 e. The molecule has 0 unspecified atom stereocenters. The van der Waals surface area contributed by atoms with Gasteiger partial charge in [-0.05, 0) is 32.0 Å². The second-order valence-electron chi connectivity index (χ2n) is 4.46. The standard InChI is InChI=1S/C12H13NO4/c1-12(2)11(16)13(3)8-5-4-7(10(14)15)6-9(8)17-12/h4-6H,1-3H3,(H,14,15). The van der Waals surface area contributed by atoms with Crippen LogP contribution in [0, 0.1) is 0 Å². The summed E-state index contributed by atoms with van der Waals surface area (Å²) in [7, 11) is 1.64. The summed E-state index contributed by atoms with van der Waals surface area (Å²) in [5.41, 5.74) is -0.250. The number of hydrogen-bond donors (Lipinski definition) is 1. The van der Waals surface area contributed by atoms with E-state index in [9.17, 15) is 9.59 Å². The molecule has 0 fully saturated rings. The van der Waals surface area contributed by atoms with Crippen LogP contribution in [-0.2, 0) is 4.79 Å². The van der Waals surface area contributed by atoms with Crippen molar-refractivity contribution < 1.29 is 19.4 Å². The van der Waals surface area contributed by atoms with E-state index in [4.69, 9.17) is 9.84 Å². The van der Waals surface area contributed by atoms with E-state index >= 15 is 0 Å². The molecule has 5 heteroatoms. The largest absolute Gasteiger partial charge is 0.478 e. The highest BCUT2D eigenvalue weighted by Crippen LogP contribution is 2.37. The number of likely N-dealkylation sites (N-methyl/N-ethyl adjacent to an activating group) is 1. The molecule has 0 aliphatic carbocycles. The molecular weight excluding hydrogens is 222 g/mol. The Kier molecular flexibility index (Phi) is 2.34. The van der Waals surface area contributed by atoms with Crippen LogP contribution in [0.5, 0.6) is 5.75 Å². The fourth-order valence-corrected chi connectivity index (χ4v) is 1.84. The predicted octanol–water partition coefficient (Wildman–Crippen LogP) is 1.52. The van der Waals surface area contributed by atoms with Crippen LogP contribution < -0.4 is 9.64 Å². The molecule has 0 saturated carbocycles. The molecule has 1 aromatic rings. The molecular formula is C12H13NO4. The van der Waals surface area contributed by atoms with E-state index in [1.165, 1.54) is 17.0 Å². The molecule has 1 aromatic carbocycles. The van der Waals surface area contributed by atoms with Gasteiger partial charge in [0.25, 0.3) is 5.91 Å². The van der Waals surface area contributed by atoms with E-state index in [0.29, 0.717) is 11.4 Å². The molecule has 0 saturated heterocycles. The van der Waals surface area contributed by atoms with E-state index in [-0.39, 0.29) is 11.5 Å². The molecule has 1 aliphatic rings. The van der Waals surface area contributed by atoms with E-state index < -0.39 is 11.6 Å². The van der Waals surface area contributed by atoms with Gasteiger partial charge in [-0.15, -0.1) is 0 Å². The number of carbonyl (C=O) groups excluding carboxylic acids is 1. The third-order valence-electron chi connectivity index (χ3n) is 2.75. The minimum atomic E-state index is -1.02. The number of carboxylic acid groups (broad SMARTS) is 1. The molecule has 1 amide bonds. The van der Waals surface area contributed by atoms with Crippen molar-refractivity contribution in [3.63, 3.8) is 0 Å². The second kappa shape index (κ2) is 3.48. The summed E-state index contributed by atoms with van der Waals surface area (Å²) in [5, 5.41) is 8.90. The zero-order valence-electron chi connectivity index (χ0n) is 9.85. The molecule has 5 nitrogen and oxygen atoms in total. The number of carbonyl (C=O) groups is 2. The van der Waals surface area contributed by atoms with Crippen LogP contribution in [0.25, 0.3) is 0 Å². The Labute approximate surface area is 98.6 Å². The maximum Gasteiger partial charge on any atom is 0.335 e. The summed E-state index contributed by atoms with van der Waals surface area (Å²) >= 11 is 0. The fraction of sp³-hybridized carbons (Fsp3) is 0.333. The van der Waals surface area contributed by atoms with Gasteiger partial charge in [-0.2, -0.15) is 0 Å². The van der Waals surface area contributed by atoms with Crippen LogP contribution >= 0.6 is 0 Å². The minimum absolute atomic E-state index is 0.141. The average Bonchev–Trinajstić information content (AvgIpc) is 2.25. The molecule has 1 N–H and O–H groups in total. The number of ether oxygens (including phenoxy) is 1. The SMILES string of the molecule is CN1C(=O)C(C)(C)Oc2cc(C(=O)O)ccc21. The molecule has 0 atom stereocenters. The van der Waals surface area contributed by atoms with Crippen LogP contribution in [-0.4, -0.2) is 29.6 Å². The third-order valence-corrected chi connectivity index (χ3v) is 2.75. The number of amides is 1. The van der Waals surface area contributed by atoms with Gasteiger partial charge >= 0.3 is 5.97 Å². The lowest BCUT2D eigenvalue weighted by atomic mass is 10.0. The van der Waals surface area contributed by atoms with Gasteiger partial charge in [-0.1, -0.05) is 0 Å². The maximum absolute atomic E-state index is 11.9. The summed E-state index contributed by atoms with van der Waals surface area (Å²) in [5.74, 6) is -0.765. The molecule has 0 bridgehead atoms. The average molecular weight is 235 g/mol. The summed E-state index contributed by atoms with van der Waals surface area (Å²) in [6.07, 6.45) is 0. The zero-order valence-corrected chi connectivity index (χ0v) is 9.85. The normalized spacial score (nSPS) is 17.4. The lowest BCUT2D eigenvalue weighted by Crippen LogP contribution is -2.50. The summed E-state index contributed by atoms with van der Waals surface area (Å²) in [6, 6.07) is 4.46. The van der Waals surface area contributed by atoms with Gasteiger partial charge in [0.05, 0.1) is 11.3 Å². The fourth-order valence-electron chi connectivity index (χ4n) is 1.84. The molecule has 0 aromatic heterocycles. The first-order chi connectivity index (χ1) is 7.83. The van der Waals surface area contributed by atoms with Gasteiger partial charge < -0.3 is 14.7 Å². The molecule has 0 spiro atoms. The first-order valence-electron chi connectivity index (χ1n) is 5.17. The first kappa shape index (κ1) is 11.4. The highest BCUT2D eigenvalue weighted by Gasteiger charge is 2.39. The lowest BCUT2D eigenvalue weighted by molar-refractivity contribution is -0.132. The van der Waals surface area contributed by atoms with Crippen LogP contribution in [0.2, 0.25) is 0 Å². The topological polar surface area (TPSA) is 66.8 Å². The highest BCUT2D eigenvalue weighted by atomic mass is 16.5. The first-order valence-corrected chi connectivity index (χ1v) is 5.17. The van der Waals surface area contributed by atoms with Crippen molar-refractivity contribution in [1.82, 2.24) is 0 Å². The van der Waals surface area contributed by atoms with Crippen molar-refractivity contribution in [2.45, 2.75) is 19.4 Å². The zero-order chi connectivity index (χ0) is 12.8. The number of nitrogens with zero attached hydrogens (tertiary/aromatic N) is 1. The van der Waals surface area contributed by atoms with Crippen molar-refractivity contribution in [3.05, 3.63) is 23.8 Å². The second-order valence-corrected chi connectivity index (χ2v) is 4.46. The van der Waals surface area contributed by atoms with Gasteiger partial charge in [0, 0.05) is 7.05 Å². The van der Waals surface area contributed by atoms with Crippen LogP contribution in [0.15, 0.2) is 18.2 Å². The summed E-state index contributed by atoms with van der Waals surface area (Å²) in [4.78, 5) is 24.2. The van der Waals surface area contributed by atoms with Gasteiger partial charge in [0.2, 0.25) is 0 Å². The molecule has 2 rings (SSSR count). The van der Waals surface area contributed by atoms with Gasteiger partial charge in [0.1, 0.15) is 5.75 Å². The molecule has 1 heterocycles. The third kappa shape index (κ3) is 1.73. The molecule has 90 valence electrons. The quantitative estimate of drug-likeness (QED) is 0.801. The van der Waals surface area contributed by atoms with Gasteiger partial charge in [0.15, 0.2) is 5.60 Å². The summed E-state index contributed by atoms with van der Waals surface area (Å²) < 4.78 is 5.54. The van der Waals surface area contributed by atoms with Crippen molar-refractivity contribution in [2.24, 2.45) is 0 Å². The van der Waals surface area contributed by atoms with Crippen LogP contribution in [0.4, 0.5) is 5.69 Å². The van der Waals surface area contributed by atoms with E-state index in [1.807, 2.05) is 0 Å². The van der Waals surface area contributed by atoms with Gasteiger partial charge in [-0.25, -0.2) is 4.79 Å². The van der Waals surface area contributed by atoms with Crippen LogP contribution in [0.1, 0.15) is 24.2 Å². The van der Waals surface area contributed by atoms with Crippen LogP contribution in [0.3, 0.4) is 0 Å². The van der Waals surface area contributed by atoms with Crippen molar-refractivity contribution in [3.8, 4) is 5.75 Å². The van der Waals surface area contributed by atoms with Gasteiger partial charge in [-0.3, -0.25) is 4.79 Å². The van der Waals surface area contributed by atoms with E-state index in [0.717, 1.165) is 0 Å². The van der Waals surface area contributed by atoms with Crippen molar-refractivity contribution >= 4 is 17.6 Å². The Hall–Kier alpha value is -2.04. The van der Waals surface area contributed by atoms with Crippen molar-refractivity contribution in [1.29, 1.82) is 0 Å². The van der Waals surface area contributed by atoms with E-state index in [1.54, 1.807) is 27.0 Å². The monoisotopic (exact) mass is 235 g/mol. The maximum atomic E-state index is 11.9. The summed E-state index contributed by atoms with van der Waals surface area (Å²) in [6.45, 7) is 3.31. The number of anilines is 1.